The number of fused-ring (bicyclic) bond motifs is 1. The fraction of sp³-hybridized carbons (Fsp3) is 0.250. The lowest BCUT2D eigenvalue weighted by Crippen LogP contribution is -2.19. The molecule has 0 heterocycles. The van der Waals surface area contributed by atoms with Crippen LogP contribution in [-0.2, 0) is 6.42 Å². The van der Waals surface area contributed by atoms with Gasteiger partial charge in [-0.25, -0.2) is 4.39 Å². The van der Waals surface area contributed by atoms with E-state index in [1.807, 2.05) is 12.1 Å². The van der Waals surface area contributed by atoms with Gasteiger partial charge in [-0.1, -0.05) is 36.4 Å². The van der Waals surface area contributed by atoms with Crippen molar-refractivity contribution in [2.24, 2.45) is 0 Å². The molecule has 3 rings (SSSR count). The molecule has 1 nitrogen and oxygen atoms in total. The van der Waals surface area contributed by atoms with E-state index in [1.54, 1.807) is 12.1 Å². The minimum absolute atomic E-state index is 0.264. The van der Waals surface area contributed by atoms with Crippen LogP contribution in [0.25, 0.3) is 0 Å². The van der Waals surface area contributed by atoms with Crippen LogP contribution in [0.15, 0.2) is 48.5 Å². The van der Waals surface area contributed by atoms with E-state index in [-0.39, 0.29) is 5.82 Å². The standard InChI is InChI=1S/C16H15FO/c17-14-7-5-11(6-8-14)16(18)10-13-9-12-3-1-2-4-15(12)13/h1-8,13,16,18H,9-10H2. The second kappa shape index (κ2) is 4.54. The SMILES string of the molecule is OC(CC1Cc2ccccc21)c1ccc(F)cc1. The van der Waals surface area contributed by atoms with E-state index >= 15 is 0 Å². The van der Waals surface area contributed by atoms with Crippen LogP contribution < -0.4 is 0 Å². The summed E-state index contributed by atoms with van der Waals surface area (Å²) in [6, 6.07) is 14.5. The number of rotatable bonds is 3. The van der Waals surface area contributed by atoms with Gasteiger partial charge in [0.25, 0.3) is 0 Å². The van der Waals surface area contributed by atoms with Crippen molar-refractivity contribution in [1.29, 1.82) is 0 Å². The molecule has 92 valence electrons. The first kappa shape index (κ1) is 11.4. The van der Waals surface area contributed by atoms with Gasteiger partial charge >= 0.3 is 0 Å². The Hall–Kier alpha value is -1.67. The summed E-state index contributed by atoms with van der Waals surface area (Å²) in [5.41, 5.74) is 3.52. The van der Waals surface area contributed by atoms with Crippen LogP contribution in [0.4, 0.5) is 4.39 Å². The van der Waals surface area contributed by atoms with Gasteiger partial charge < -0.3 is 5.11 Å². The van der Waals surface area contributed by atoms with Crippen molar-refractivity contribution in [3.05, 3.63) is 71.0 Å². The molecule has 1 aliphatic carbocycles. The first-order valence-electron chi connectivity index (χ1n) is 6.25. The Morgan fingerprint density at radius 2 is 1.83 bits per heavy atom. The molecule has 1 N–H and O–H groups in total. The van der Waals surface area contributed by atoms with Gasteiger partial charge in [0.2, 0.25) is 0 Å². The highest BCUT2D eigenvalue weighted by Crippen LogP contribution is 2.40. The minimum atomic E-state index is -0.510. The van der Waals surface area contributed by atoms with Crippen LogP contribution in [-0.4, -0.2) is 5.11 Å². The van der Waals surface area contributed by atoms with Gasteiger partial charge in [0, 0.05) is 0 Å². The van der Waals surface area contributed by atoms with E-state index < -0.39 is 6.10 Å². The molecule has 2 unspecified atom stereocenters. The van der Waals surface area contributed by atoms with Crippen molar-refractivity contribution in [3.8, 4) is 0 Å². The molecule has 0 fully saturated rings. The maximum atomic E-state index is 12.8. The molecule has 2 atom stereocenters. The summed E-state index contributed by atoms with van der Waals surface area (Å²) in [6.45, 7) is 0. The number of aliphatic hydroxyl groups is 1. The molecular formula is C16H15FO. The maximum absolute atomic E-state index is 12.8. The van der Waals surface area contributed by atoms with Crippen molar-refractivity contribution >= 4 is 0 Å². The summed E-state index contributed by atoms with van der Waals surface area (Å²) in [6.07, 6.45) is 1.24. The predicted octanol–water partition coefficient (Wildman–Crippen LogP) is 3.59. The number of benzene rings is 2. The Labute approximate surface area is 106 Å². The maximum Gasteiger partial charge on any atom is 0.123 e. The van der Waals surface area contributed by atoms with Gasteiger partial charge in [-0.3, -0.25) is 0 Å². The quantitative estimate of drug-likeness (QED) is 0.872. The Balaban J connectivity index is 1.70. The zero-order chi connectivity index (χ0) is 12.5. The van der Waals surface area contributed by atoms with Crippen LogP contribution in [0.2, 0.25) is 0 Å². The van der Waals surface area contributed by atoms with Gasteiger partial charge in [0.15, 0.2) is 0 Å². The van der Waals surface area contributed by atoms with Crippen molar-refractivity contribution in [2.45, 2.75) is 24.9 Å². The average Bonchev–Trinajstić information content (AvgIpc) is 2.36. The molecule has 0 aliphatic heterocycles. The molecule has 0 spiro atoms. The highest BCUT2D eigenvalue weighted by atomic mass is 19.1. The molecule has 0 saturated heterocycles. The van der Waals surface area contributed by atoms with Crippen molar-refractivity contribution in [3.63, 3.8) is 0 Å². The largest absolute Gasteiger partial charge is 0.388 e. The van der Waals surface area contributed by atoms with Crippen LogP contribution in [0.3, 0.4) is 0 Å². The normalized spacial score (nSPS) is 18.9. The molecule has 0 saturated carbocycles. The lowest BCUT2D eigenvalue weighted by Gasteiger charge is -2.31. The van der Waals surface area contributed by atoms with E-state index in [0.29, 0.717) is 12.3 Å². The molecule has 0 bridgehead atoms. The fourth-order valence-electron chi connectivity index (χ4n) is 2.66. The smallest absolute Gasteiger partial charge is 0.123 e. The Bertz CT molecular complexity index is 547. The first-order valence-corrected chi connectivity index (χ1v) is 6.25. The molecule has 0 radical (unpaired) electrons. The molecule has 0 amide bonds. The third-order valence-corrected chi connectivity index (χ3v) is 3.72. The minimum Gasteiger partial charge on any atom is -0.388 e. The topological polar surface area (TPSA) is 20.2 Å². The molecule has 2 heteroatoms. The summed E-state index contributed by atoms with van der Waals surface area (Å²) < 4.78 is 12.8. The molecule has 2 aromatic rings. The first-order chi connectivity index (χ1) is 8.74. The Kier molecular flexibility index (Phi) is 2.88. The molecule has 18 heavy (non-hydrogen) atoms. The summed E-state index contributed by atoms with van der Waals surface area (Å²) in [7, 11) is 0. The van der Waals surface area contributed by atoms with Crippen LogP contribution in [0, 0.1) is 5.82 Å². The lowest BCUT2D eigenvalue weighted by molar-refractivity contribution is 0.153. The van der Waals surface area contributed by atoms with E-state index in [9.17, 15) is 9.50 Å². The van der Waals surface area contributed by atoms with E-state index in [1.165, 1.54) is 23.3 Å². The Morgan fingerprint density at radius 1 is 1.11 bits per heavy atom. The van der Waals surface area contributed by atoms with Crippen LogP contribution >= 0.6 is 0 Å². The fourth-order valence-corrected chi connectivity index (χ4v) is 2.66. The second-order valence-electron chi connectivity index (χ2n) is 4.90. The van der Waals surface area contributed by atoms with Crippen molar-refractivity contribution in [1.82, 2.24) is 0 Å². The molecule has 1 aliphatic rings. The highest BCUT2D eigenvalue weighted by molar-refractivity contribution is 5.40. The van der Waals surface area contributed by atoms with Crippen molar-refractivity contribution < 1.29 is 9.50 Å². The molecule has 0 aromatic heterocycles. The van der Waals surface area contributed by atoms with Crippen molar-refractivity contribution in [2.75, 3.05) is 0 Å². The summed E-state index contributed by atoms with van der Waals surface area (Å²) >= 11 is 0. The van der Waals surface area contributed by atoms with E-state index in [4.69, 9.17) is 0 Å². The van der Waals surface area contributed by atoms with E-state index in [0.717, 1.165) is 12.0 Å². The third-order valence-electron chi connectivity index (χ3n) is 3.72. The van der Waals surface area contributed by atoms with Gasteiger partial charge in [-0.15, -0.1) is 0 Å². The third kappa shape index (κ3) is 2.04. The monoisotopic (exact) mass is 242 g/mol. The number of hydrogen-bond acceptors (Lipinski definition) is 1. The lowest BCUT2D eigenvalue weighted by atomic mass is 9.74. The average molecular weight is 242 g/mol. The number of halogens is 1. The summed E-state index contributed by atoms with van der Waals surface area (Å²) in [4.78, 5) is 0. The van der Waals surface area contributed by atoms with E-state index in [2.05, 4.69) is 12.1 Å². The molecule has 2 aromatic carbocycles. The van der Waals surface area contributed by atoms with Gasteiger partial charge in [-0.2, -0.15) is 0 Å². The van der Waals surface area contributed by atoms with Gasteiger partial charge in [-0.05, 0) is 47.6 Å². The highest BCUT2D eigenvalue weighted by Gasteiger charge is 2.27. The zero-order valence-electron chi connectivity index (χ0n) is 10.0. The summed E-state index contributed by atoms with van der Waals surface area (Å²) in [5.74, 6) is 0.168. The van der Waals surface area contributed by atoms with Crippen LogP contribution in [0.1, 0.15) is 35.1 Å². The van der Waals surface area contributed by atoms with Gasteiger partial charge in [0.05, 0.1) is 6.10 Å². The zero-order valence-corrected chi connectivity index (χ0v) is 10.0. The second-order valence-corrected chi connectivity index (χ2v) is 4.90. The summed E-state index contributed by atoms with van der Waals surface area (Å²) in [5, 5.41) is 10.1. The predicted molar refractivity (Wildman–Crippen MR) is 68.9 cm³/mol. The Morgan fingerprint density at radius 3 is 2.56 bits per heavy atom. The molecular weight excluding hydrogens is 227 g/mol. The number of hydrogen-bond donors (Lipinski definition) is 1. The van der Waals surface area contributed by atoms with Gasteiger partial charge in [0.1, 0.15) is 5.82 Å². The van der Waals surface area contributed by atoms with Crippen LogP contribution in [0.5, 0.6) is 0 Å². The number of aliphatic hydroxyl groups excluding tert-OH is 1.